The zero-order chi connectivity index (χ0) is 13.1. The topological polar surface area (TPSA) is 54.9 Å². The van der Waals surface area contributed by atoms with Crippen LogP contribution in [0.5, 0.6) is 0 Å². The van der Waals surface area contributed by atoms with Crippen molar-refractivity contribution in [3.8, 4) is 0 Å². The van der Waals surface area contributed by atoms with Gasteiger partial charge >= 0.3 is 0 Å². The molecule has 4 nitrogen and oxygen atoms in total. The Bertz CT molecular complexity index is 604. The molecule has 1 aromatic carbocycles. The Morgan fingerprint density at radius 2 is 1.94 bits per heavy atom. The Morgan fingerprint density at radius 3 is 2.67 bits per heavy atom. The molecule has 1 aromatic heterocycles. The van der Waals surface area contributed by atoms with Gasteiger partial charge in [-0.2, -0.15) is 0 Å². The van der Waals surface area contributed by atoms with Crippen LogP contribution in [-0.4, -0.2) is 16.3 Å². The number of anilines is 2. The quantitative estimate of drug-likeness (QED) is 0.688. The number of rotatable bonds is 3. The number of nitrogens with one attached hydrogen (secondary N) is 1. The molecule has 2 aromatic rings. The fourth-order valence-corrected chi connectivity index (χ4v) is 1.83. The summed E-state index contributed by atoms with van der Waals surface area (Å²) in [5.41, 5.74) is 0.692. The smallest absolute Gasteiger partial charge is 0.156 e. The minimum absolute atomic E-state index is 0.0700. The van der Waals surface area contributed by atoms with E-state index in [-0.39, 0.29) is 16.5 Å². The van der Waals surface area contributed by atoms with E-state index < -0.39 is 0 Å². The molecule has 0 aliphatic heterocycles. The summed E-state index contributed by atoms with van der Waals surface area (Å²) < 4.78 is 0. The van der Waals surface area contributed by atoms with E-state index in [1.807, 2.05) is 0 Å². The van der Waals surface area contributed by atoms with Crippen LogP contribution in [0, 0.1) is 0 Å². The van der Waals surface area contributed by atoms with Crippen molar-refractivity contribution < 1.29 is 4.79 Å². The second-order valence-corrected chi connectivity index (χ2v) is 4.41. The predicted octanol–water partition coefficient (Wildman–Crippen LogP) is 3.99. The first-order valence-electron chi connectivity index (χ1n) is 4.80. The van der Waals surface area contributed by atoms with Crippen molar-refractivity contribution in [1.29, 1.82) is 0 Å². The zero-order valence-electron chi connectivity index (χ0n) is 8.82. The van der Waals surface area contributed by atoms with Gasteiger partial charge in [0.15, 0.2) is 6.29 Å². The van der Waals surface area contributed by atoms with Crippen LogP contribution in [0.4, 0.5) is 11.5 Å². The highest BCUT2D eigenvalue weighted by molar-refractivity contribution is 6.43. The first kappa shape index (κ1) is 13.1. The highest BCUT2D eigenvalue weighted by Crippen LogP contribution is 2.32. The monoisotopic (exact) mass is 301 g/mol. The first-order valence-corrected chi connectivity index (χ1v) is 5.93. The lowest BCUT2D eigenvalue weighted by Gasteiger charge is -2.10. The van der Waals surface area contributed by atoms with Crippen molar-refractivity contribution in [3.63, 3.8) is 0 Å². The van der Waals surface area contributed by atoms with Gasteiger partial charge in [0.2, 0.25) is 0 Å². The summed E-state index contributed by atoms with van der Waals surface area (Å²) in [7, 11) is 0. The third kappa shape index (κ3) is 2.56. The molecule has 0 saturated carbocycles. The molecule has 0 atom stereocenters. The van der Waals surface area contributed by atoms with Crippen molar-refractivity contribution >= 4 is 52.6 Å². The molecule has 0 amide bonds. The fraction of sp³-hybridized carbons (Fsp3) is 0. The highest BCUT2D eigenvalue weighted by atomic mass is 35.5. The molecular formula is C11H6Cl3N3O. The number of nitrogens with zero attached hydrogens (tertiary/aromatic N) is 2. The zero-order valence-corrected chi connectivity index (χ0v) is 11.1. The Morgan fingerprint density at radius 1 is 1.17 bits per heavy atom. The molecule has 0 saturated heterocycles. The number of carbonyl (C=O) groups is 1. The fourth-order valence-electron chi connectivity index (χ4n) is 1.31. The number of carbonyl (C=O) groups excluding carboxylic acids is 1. The van der Waals surface area contributed by atoms with Gasteiger partial charge in [0.1, 0.15) is 17.3 Å². The summed E-state index contributed by atoms with van der Waals surface area (Å²) in [6, 6.07) is 5.08. The van der Waals surface area contributed by atoms with Crippen LogP contribution in [-0.2, 0) is 0 Å². The van der Waals surface area contributed by atoms with E-state index in [1.165, 1.54) is 6.33 Å². The molecule has 92 valence electrons. The van der Waals surface area contributed by atoms with Crippen molar-refractivity contribution in [1.82, 2.24) is 9.97 Å². The Labute approximate surface area is 118 Å². The van der Waals surface area contributed by atoms with Crippen LogP contribution < -0.4 is 5.32 Å². The molecule has 7 heteroatoms. The minimum Gasteiger partial charge on any atom is -0.338 e. The summed E-state index contributed by atoms with van der Waals surface area (Å²) in [5.74, 6) is 0.272. The van der Waals surface area contributed by atoms with Crippen molar-refractivity contribution in [2.75, 3.05) is 5.32 Å². The molecule has 1 heterocycles. The Balaban J connectivity index is 2.43. The van der Waals surface area contributed by atoms with Crippen LogP contribution in [0.15, 0.2) is 24.5 Å². The van der Waals surface area contributed by atoms with Crippen LogP contribution in [0.2, 0.25) is 15.2 Å². The van der Waals surface area contributed by atoms with Crippen molar-refractivity contribution in [2.24, 2.45) is 0 Å². The van der Waals surface area contributed by atoms with Gasteiger partial charge in [-0.05, 0) is 12.1 Å². The predicted molar refractivity (Wildman–Crippen MR) is 72.2 cm³/mol. The van der Waals surface area contributed by atoms with E-state index in [0.717, 1.165) is 0 Å². The molecule has 0 aliphatic carbocycles. The normalized spacial score (nSPS) is 10.2. The van der Waals surface area contributed by atoms with Gasteiger partial charge in [0.05, 0.1) is 21.3 Å². The largest absolute Gasteiger partial charge is 0.338 e. The third-order valence-corrected chi connectivity index (χ3v) is 3.28. The molecule has 1 N–H and O–H groups in total. The summed E-state index contributed by atoms with van der Waals surface area (Å²) in [5, 5.41) is 3.70. The Hall–Kier alpha value is -1.36. The molecule has 2 rings (SSSR count). The number of benzene rings is 1. The maximum atomic E-state index is 10.9. The third-order valence-electron chi connectivity index (χ3n) is 2.16. The van der Waals surface area contributed by atoms with Gasteiger partial charge in [0.25, 0.3) is 0 Å². The summed E-state index contributed by atoms with van der Waals surface area (Å²) in [6.45, 7) is 0. The van der Waals surface area contributed by atoms with Gasteiger partial charge in [-0.1, -0.05) is 40.9 Å². The number of aldehydes is 1. The summed E-state index contributed by atoms with van der Waals surface area (Å²) in [6.07, 6.45) is 1.82. The Kier molecular flexibility index (Phi) is 4.01. The second kappa shape index (κ2) is 5.52. The van der Waals surface area contributed by atoms with Crippen molar-refractivity contribution in [2.45, 2.75) is 0 Å². The second-order valence-electron chi connectivity index (χ2n) is 3.27. The van der Waals surface area contributed by atoms with Gasteiger partial charge in [-0.3, -0.25) is 4.79 Å². The summed E-state index contributed by atoms with van der Waals surface area (Å²) >= 11 is 17.7. The lowest BCUT2D eigenvalue weighted by molar-refractivity contribution is 0.112. The van der Waals surface area contributed by atoms with E-state index >= 15 is 0 Å². The number of aromatic nitrogens is 2. The van der Waals surface area contributed by atoms with Crippen molar-refractivity contribution in [3.05, 3.63) is 45.3 Å². The van der Waals surface area contributed by atoms with E-state index in [9.17, 15) is 4.79 Å². The SMILES string of the molecule is O=Cc1c(Cl)ncnc1Nc1cccc(Cl)c1Cl. The van der Waals surface area contributed by atoms with E-state index in [4.69, 9.17) is 34.8 Å². The lowest BCUT2D eigenvalue weighted by Crippen LogP contribution is -2.01. The van der Waals surface area contributed by atoms with E-state index in [2.05, 4.69) is 15.3 Å². The van der Waals surface area contributed by atoms with Gasteiger partial charge in [-0.25, -0.2) is 9.97 Å². The average molecular weight is 303 g/mol. The molecule has 0 aliphatic rings. The van der Waals surface area contributed by atoms with Gasteiger partial charge in [-0.15, -0.1) is 0 Å². The van der Waals surface area contributed by atoms with Crippen LogP contribution in [0.1, 0.15) is 10.4 Å². The van der Waals surface area contributed by atoms with E-state index in [1.54, 1.807) is 18.2 Å². The molecule has 0 radical (unpaired) electrons. The lowest BCUT2D eigenvalue weighted by atomic mass is 10.3. The average Bonchev–Trinajstić information content (AvgIpc) is 2.35. The molecule has 0 unspecified atom stereocenters. The van der Waals surface area contributed by atoms with Crippen LogP contribution in [0.3, 0.4) is 0 Å². The first-order chi connectivity index (χ1) is 8.63. The number of halogens is 3. The molecule has 0 spiro atoms. The maximum Gasteiger partial charge on any atom is 0.156 e. The molecule has 18 heavy (non-hydrogen) atoms. The number of hydrogen-bond donors (Lipinski definition) is 1. The molecule has 0 bridgehead atoms. The molecule has 0 fully saturated rings. The van der Waals surface area contributed by atoms with E-state index in [0.29, 0.717) is 22.0 Å². The highest BCUT2D eigenvalue weighted by Gasteiger charge is 2.11. The minimum atomic E-state index is 0.0700. The standard InChI is InChI=1S/C11H6Cl3N3O/c12-7-2-1-3-8(9(7)13)17-11-6(4-18)10(14)15-5-16-11/h1-5H,(H,15,16,17). The van der Waals surface area contributed by atoms with Crippen LogP contribution >= 0.6 is 34.8 Å². The van der Waals surface area contributed by atoms with Gasteiger partial charge in [0, 0.05) is 0 Å². The van der Waals surface area contributed by atoms with Gasteiger partial charge < -0.3 is 5.32 Å². The summed E-state index contributed by atoms with van der Waals surface area (Å²) in [4.78, 5) is 18.6. The maximum absolute atomic E-state index is 10.9. The molecular weight excluding hydrogens is 296 g/mol. The number of hydrogen-bond acceptors (Lipinski definition) is 4. The van der Waals surface area contributed by atoms with Crippen LogP contribution in [0.25, 0.3) is 0 Å².